The topological polar surface area (TPSA) is 21.7 Å². The minimum Gasteiger partial charge on any atom is -0.348 e. The van der Waals surface area contributed by atoms with E-state index in [1.54, 1.807) is 0 Å². The van der Waals surface area contributed by atoms with Crippen molar-refractivity contribution in [1.82, 2.24) is 4.90 Å². The minimum atomic E-state index is -0.314. The molecule has 21 heavy (non-hydrogen) atoms. The van der Waals surface area contributed by atoms with Gasteiger partial charge in [0.05, 0.1) is 13.2 Å². The van der Waals surface area contributed by atoms with Crippen LogP contribution in [-0.2, 0) is 15.0 Å². The van der Waals surface area contributed by atoms with Gasteiger partial charge >= 0.3 is 0 Å². The van der Waals surface area contributed by atoms with E-state index in [0.717, 1.165) is 43.9 Å². The predicted octanol–water partition coefficient (Wildman–Crippen LogP) is 3.84. The fourth-order valence-electron chi connectivity index (χ4n) is 3.58. The molecule has 0 aromatic heterocycles. The molecule has 1 aromatic rings. The second-order valence-corrected chi connectivity index (χ2v) is 6.48. The van der Waals surface area contributed by atoms with E-state index in [0.29, 0.717) is 0 Å². The molecule has 1 spiro atoms. The molecular formula is C16H23Cl2NO2. The molecule has 0 amide bonds. The molecule has 1 saturated carbocycles. The van der Waals surface area contributed by atoms with Crippen LogP contribution in [0.1, 0.15) is 31.2 Å². The maximum absolute atomic E-state index is 6.02. The molecule has 1 aromatic carbocycles. The van der Waals surface area contributed by atoms with Gasteiger partial charge in [-0.25, -0.2) is 0 Å². The zero-order chi connectivity index (χ0) is 14.2. The Morgan fingerprint density at radius 3 is 1.95 bits per heavy atom. The molecule has 3 rings (SSSR count). The van der Waals surface area contributed by atoms with Crippen molar-refractivity contribution in [2.24, 2.45) is 0 Å². The third-order valence-corrected chi connectivity index (χ3v) is 5.14. The van der Waals surface area contributed by atoms with Crippen molar-refractivity contribution in [3.8, 4) is 0 Å². The molecule has 2 fully saturated rings. The summed E-state index contributed by atoms with van der Waals surface area (Å²) in [5, 5.41) is 0.789. The summed E-state index contributed by atoms with van der Waals surface area (Å²) in [6.07, 6.45) is 3.99. The summed E-state index contributed by atoms with van der Waals surface area (Å²) >= 11 is 6.02. The SMILES string of the molecule is CN(C)C1(c2ccc(Cl)cc2)CCC2(CC1)OCCO2.Cl. The quantitative estimate of drug-likeness (QED) is 0.821. The third kappa shape index (κ3) is 3.08. The predicted molar refractivity (Wildman–Crippen MR) is 87.2 cm³/mol. The largest absolute Gasteiger partial charge is 0.348 e. The van der Waals surface area contributed by atoms with E-state index in [-0.39, 0.29) is 23.7 Å². The van der Waals surface area contributed by atoms with Gasteiger partial charge in [0, 0.05) is 23.4 Å². The Morgan fingerprint density at radius 2 is 1.48 bits per heavy atom. The standard InChI is InChI=1S/C16H22ClNO2.ClH/c1-18(2)15(13-3-5-14(17)6-4-13)7-9-16(10-8-15)19-11-12-20-16;/h3-6H,7-12H2,1-2H3;1H. The van der Waals surface area contributed by atoms with Crippen LogP contribution in [0, 0.1) is 0 Å². The van der Waals surface area contributed by atoms with Crippen molar-refractivity contribution >= 4 is 24.0 Å². The Bertz CT molecular complexity index is 460. The normalized spacial score (nSPS) is 23.2. The lowest BCUT2D eigenvalue weighted by Gasteiger charge is -2.48. The Labute approximate surface area is 138 Å². The van der Waals surface area contributed by atoms with E-state index in [1.807, 2.05) is 12.1 Å². The fraction of sp³-hybridized carbons (Fsp3) is 0.625. The first-order valence-corrected chi connectivity index (χ1v) is 7.66. The smallest absolute Gasteiger partial charge is 0.168 e. The van der Waals surface area contributed by atoms with Crippen molar-refractivity contribution in [1.29, 1.82) is 0 Å². The summed E-state index contributed by atoms with van der Waals surface area (Å²) in [5.41, 5.74) is 1.39. The minimum absolute atomic E-state index is 0. The highest BCUT2D eigenvalue weighted by Gasteiger charge is 2.47. The zero-order valence-electron chi connectivity index (χ0n) is 12.6. The van der Waals surface area contributed by atoms with Gasteiger partial charge in [0.1, 0.15) is 0 Å². The van der Waals surface area contributed by atoms with Crippen molar-refractivity contribution in [2.45, 2.75) is 37.0 Å². The van der Waals surface area contributed by atoms with E-state index in [1.165, 1.54) is 5.56 Å². The summed E-state index contributed by atoms with van der Waals surface area (Å²) in [6, 6.07) is 8.26. The van der Waals surface area contributed by atoms with Crippen LogP contribution in [0.25, 0.3) is 0 Å². The van der Waals surface area contributed by atoms with E-state index < -0.39 is 0 Å². The number of hydrogen-bond acceptors (Lipinski definition) is 3. The number of ether oxygens (including phenoxy) is 2. The third-order valence-electron chi connectivity index (χ3n) is 4.89. The van der Waals surface area contributed by atoms with E-state index >= 15 is 0 Å². The van der Waals surface area contributed by atoms with Gasteiger partial charge in [-0.3, -0.25) is 4.90 Å². The van der Waals surface area contributed by atoms with Gasteiger partial charge < -0.3 is 9.47 Å². The second kappa shape index (κ2) is 6.43. The fourth-order valence-corrected chi connectivity index (χ4v) is 3.71. The first-order valence-electron chi connectivity index (χ1n) is 7.28. The lowest BCUT2D eigenvalue weighted by atomic mass is 9.73. The van der Waals surface area contributed by atoms with Gasteiger partial charge in [-0.15, -0.1) is 12.4 Å². The average Bonchev–Trinajstić information content (AvgIpc) is 2.89. The molecule has 1 aliphatic carbocycles. The van der Waals surface area contributed by atoms with Gasteiger partial charge in [-0.1, -0.05) is 23.7 Å². The Kier molecular flexibility index (Phi) is 5.22. The van der Waals surface area contributed by atoms with Crippen LogP contribution >= 0.6 is 24.0 Å². The highest BCUT2D eigenvalue weighted by molar-refractivity contribution is 6.30. The van der Waals surface area contributed by atoms with Crippen molar-refractivity contribution in [3.63, 3.8) is 0 Å². The summed E-state index contributed by atoms with van der Waals surface area (Å²) in [6.45, 7) is 1.46. The van der Waals surface area contributed by atoms with E-state index in [9.17, 15) is 0 Å². The molecule has 0 unspecified atom stereocenters. The lowest BCUT2D eigenvalue weighted by molar-refractivity contribution is -0.193. The average molecular weight is 332 g/mol. The highest BCUT2D eigenvalue weighted by Crippen LogP contribution is 2.47. The van der Waals surface area contributed by atoms with E-state index in [4.69, 9.17) is 21.1 Å². The lowest BCUT2D eigenvalue weighted by Crippen LogP contribution is -2.49. The molecule has 3 nitrogen and oxygen atoms in total. The zero-order valence-corrected chi connectivity index (χ0v) is 14.2. The monoisotopic (exact) mass is 331 g/mol. The van der Waals surface area contributed by atoms with Gasteiger partial charge in [-0.05, 0) is 44.6 Å². The maximum Gasteiger partial charge on any atom is 0.168 e. The number of halogens is 2. The van der Waals surface area contributed by atoms with Crippen LogP contribution in [0.3, 0.4) is 0 Å². The number of benzene rings is 1. The second-order valence-electron chi connectivity index (χ2n) is 6.04. The molecule has 0 atom stereocenters. The summed E-state index contributed by atoms with van der Waals surface area (Å²) < 4.78 is 11.7. The van der Waals surface area contributed by atoms with E-state index in [2.05, 4.69) is 31.1 Å². The van der Waals surface area contributed by atoms with Gasteiger partial charge in [-0.2, -0.15) is 0 Å². The molecule has 5 heteroatoms. The highest BCUT2D eigenvalue weighted by atomic mass is 35.5. The van der Waals surface area contributed by atoms with Crippen LogP contribution in [0.15, 0.2) is 24.3 Å². The first-order chi connectivity index (χ1) is 9.56. The molecular weight excluding hydrogens is 309 g/mol. The first kappa shape index (κ1) is 17.0. The van der Waals surface area contributed by atoms with Crippen LogP contribution in [-0.4, -0.2) is 38.0 Å². The van der Waals surface area contributed by atoms with Gasteiger partial charge in [0.15, 0.2) is 5.79 Å². The van der Waals surface area contributed by atoms with Crippen LogP contribution < -0.4 is 0 Å². The van der Waals surface area contributed by atoms with Gasteiger partial charge in [0.25, 0.3) is 0 Å². The number of nitrogens with zero attached hydrogens (tertiary/aromatic N) is 1. The van der Waals surface area contributed by atoms with Crippen molar-refractivity contribution in [3.05, 3.63) is 34.9 Å². The Balaban J connectivity index is 0.00000161. The van der Waals surface area contributed by atoms with Gasteiger partial charge in [0.2, 0.25) is 0 Å². The van der Waals surface area contributed by atoms with Crippen LogP contribution in [0.5, 0.6) is 0 Å². The maximum atomic E-state index is 6.02. The Morgan fingerprint density at radius 1 is 0.952 bits per heavy atom. The van der Waals surface area contributed by atoms with Crippen molar-refractivity contribution < 1.29 is 9.47 Å². The number of hydrogen-bond donors (Lipinski definition) is 0. The Hall–Kier alpha value is -0.320. The molecule has 0 bridgehead atoms. The molecule has 0 radical (unpaired) electrons. The molecule has 1 heterocycles. The summed E-state index contributed by atoms with van der Waals surface area (Å²) in [5.74, 6) is -0.314. The van der Waals surface area contributed by atoms with Crippen molar-refractivity contribution in [2.75, 3.05) is 27.3 Å². The van der Waals surface area contributed by atoms with Crippen LogP contribution in [0.4, 0.5) is 0 Å². The summed E-state index contributed by atoms with van der Waals surface area (Å²) in [4.78, 5) is 2.33. The van der Waals surface area contributed by atoms with Crippen LogP contribution in [0.2, 0.25) is 5.02 Å². The molecule has 2 aliphatic rings. The molecule has 1 saturated heterocycles. The molecule has 118 valence electrons. The number of rotatable bonds is 2. The summed E-state index contributed by atoms with van der Waals surface area (Å²) in [7, 11) is 4.31. The molecule has 1 aliphatic heterocycles. The molecule has 0 N–H and O–H groups in total.